The molecular weight excluding hydrogens is 325 g/mol. The number of benzene rings is 1. The molecule has 0 radical (unpaired) electrons. The topological polar surface area (TPSA) is 30.0 Å². The van der Waals surface area contributed by atoms with Gasteiger partial charge in [0.25, 0.3) is 0 Å². The number of aryl methyl sites for hydroxylation is 2. The SMILES string of the molecule is Cc1nc(C)c(Cl)c(S(=O)c2ccc(Cl)cc2)c1Cl. The number of rotatable bonds is 2. The van der Waals surface area contributed by atoms with Crippen LogP contribution in [0.1, 0.15) is 11.4 Å². The van der Waals surface area contributed by atoms with Crippen LogP contribution < -0.4 is 0 Å². The average molecular weight is 335 g/mol. The Hall–Kier alpha value is -0.610. The Morgan fingerprint density at radius 3 is 1.89 bits per heavy atom. The first kappa shape index (κ1) is 14.8. The van der Waals surface area contributed by atoms with Gasteiger partial charge in [0.05, 0.1) is 37.1 Å². The maximum absolute atomic E-state index is 12.6. The first-order valence-corrected chi connectivity index (χ1v) is 7.69. The van der Waals surface area contributed by atoms with E-state index in [0.29, 0.717) is 36.2 Å². The summed E-state index contributed by atoms with van der Waals surface area (Å²) in [6.07, 6.45) is 0. The molecule has 0 saturated carbocycles. The molecule has 1 unspecified atom stereocenters. The Morgan fingerprint density at radius 2 is 1.42 bits per heavy atom. The smallest absolute Gasteiger partial charge is 0.0881 e. The third-order valence-corrected chi connectivity index (χ3v) is 5.46. The molecule has 0 N–H and O–H groups in total. The Kier molecular flexibility index (Phi) is 4.51. The average Bonchev–Trinajstić information content (AvgIpc) is 2.37. The van der Waals surface area contributed by atoms with Gasteiger partial charge in [-0.05, 0) is 38.1 Å². The van der Waals surface area contributed by atoms with Crippen LogP contribution in [0.25, 0.3) is 0 Å². The minimum atomic E-state index is -1.46. The summed E-state index contributed by atoms with van der Waals surface area (Å²) in [5.41, 5.74) is 1.22. The minimum Gasteiger partial charge on any atom is -0.255 e. The predicted octanol–water partition coefficient (Wildman–Crippen LogP) is 4.83. The molecular formula is C13H10Cl3NOS. The predicted molar refractivity (Wildman–Crippen MR) is 79.9 cm³/mol. The van der Waals surface area contributed by atoms with Crippen molar-refractivity contribution in [2.75, 3.05) is 0 Å². The van der Waals surface area contributed by atoms with Gasteiger partial charge in [-0.25, -0.2) is 4.21 Å². The van der Waals surface area contributed by atoms with Gasteiger partial charge in [-0.3, -0.25) is 4.98 Å². The lowest BCUT2D eigenvalue weighted by Crippen LogP contribution is -2.01. The number of aromatic nitrogens is 1. The molecule has 0 aliphatic heterocycles. The third-order valence-electron chi connectivity index (χ3n) is 2.58. The molecule has 0 aliphatic rings. The van der Waals surface area contributed by atoms with Gasteiger partial charge in [-0.2, -0.15) is 0 Å². The van der Waals surface area contributed by atoms with E-state index >= 15 is 0 Å². The van der Waals surface area contributed by atoms with Gasteiger partial charge < -0.3 is 0 Å². The van der Waals surface area contributed by atoms with Crippen molar-refractivity contribution in [3.05, 3.63) is 50.7 Å². The standard InChI is InChI=1S/C13H10Cl3NOS/c1-7-11(15)13(12(16)8(2)17-7)19(18)10-5-3-9(14)4-6-10/h3-6H,1-2H3. The number of nitrogens with zero attached hydrogens (tertiary/aromatic N) is 1. The second-order valence-electron chi connectivity index (χ2n) is 3.96. The van der Waals surface area contributed by atoms with Crippen LogP contribution in [-0.2, 0) is 10.8 Å². The fraction of sp³-hybridized carbons (Fsp3) is 0.154. The van der Waals surface area contributed by atoms with Gasteiger partial charge >= 0.3 is 0 Å². The summed E-state index contributed by atoms with van der Waals surface area (Å²) in [5.74, 6) is 0. The molecule has 0 fully saturated rings. The number of hydrogen-bond acceptors (Lipinski definition) is 2. The van der Waals surface area contributed by atoms with Crippen LogP contribution in [-0.4, -0.2) is 9.19 Å². The maximum Gasteiger partial charge on any atom is 0.0881 e. The van der Waals surface area contributed by atoms with Gasteiger partial charge in [-0.1, -0.05) is 34.8 Å². The van der Waals surface area contributed by atoms with Crippen molar-refractivity contribution in [2.24, 2.45) is 0 Å². The Morgan fingerprint density at radius 1 is 0.947 bits per heavy atom. The summed E-state index contributed by atoms with van der Waals surface area (Å²) in [5, 5.41) is 1.26. The van der Waals surface area contributed by atoms with Crippen molar-refractivity contribution < 1.29 is 4.21 Å². The monoisotopic (exact) mass is 333 g/mol. The molecule has 1 atom stereocenters. The highest BCUT2D eigenvalue weighted by atomic mass is 35.5. The molecule has 1 heterocycles. The highest BCUT2D eigenvalue weighted by molar-refractivity contribution is 7.85. The molecule has 2 aromatic rings. The summed E-state index contributed by atoms with van der Waals surface area (Å²) in [4.78, 5) is 5.20. The third kappa shape index (κ3) is 2.95. The van der Waals surface area contributed by atoms with Gasteiger partial charge in [0.15, 0.2) is 0 Å². The summed E-state index contributed by atoms with van der Waals surface area (Å²) < 4.78 is 12.6. The minimum absolute atomic E-state index is 0.337. The maximum atomic E-state index is 12.6. The van der Waals surface area contributed by atoms with Crippen molar-refractivity contribution in [2.45, 2.75) is 23.6 Å². The van der Waals surface area contributed by atoms with Gasteiger partial charge in [0, 0.05) is 9.92 Å². The molecule has 6 heteroatoms. The van der Waals surface area contributed by atoms with Gasteiger partial charge in [0.2, 0.25) is 0 Å². The molecule has 100 valence electrons. The zero-order chi connectivity index (χ0) is 14.2. The van der Waals surface area contributed by atoms with Crippen LogP contribution in [0.4, 0.5) is 0 Å². The molecule has 1 aromatic carbocycles. The normalized spacial score (nSPS) is 12.5. The molecule has 1 aromatic heterocycles. The van der Waals surface area contributed by atoms with Crippen LogP contribution in [0.5, 0.6) is 0 Å². The van der Waals surface area contributed by atoms with E-state index in [9.17, 15) is 4.21 Å². The van der Waals surface area contributed by atoms with E-state index in [4.69, 9.17) is 34.8 Å². The van der Waals surface area contributed by atoms with Crippen LogP contribution in [0.2, 0.25) is 15.1 Å². The first-order chi connectivity index (χ1) is 8.91. The second kappa shape index (κ2) is 5.80. The first-order valence-electron chi connectivity index (χ1n) is 5.41. The molecule has 2 rings (SSSR count). The van der Waals surface area contributed by atoms with E-state index in [-0.39, 0.29) is 0 Å². The van der Waals surface area contributed by atoms with Crippen LogP contribution in [0.3, 0.4) is 0 Å². The summed E-state index contributed by atoms with van der Waals surface area (Å²) in [6.45, 7) is 3.52. The Labute approximate surface area is 129 Å². The lowest BCUT2D eigenvalue weighted by Gasteiger charge is -2.11. The van der Waals surface area contributed by atoms with Crippen molar-refractivity contribution in [3.8, 4) is 0 Å². The molecule has 0 saturated heterocycles. The van der Waals surface area contributed by atoms with E-state index in [1.807, 2.05) is 0 Å². The molecule has 19 heavy (non-hydrogen) atoms. The fourth-order valence-electron chi connectivity index (χ4n) is 1.61. The van der Waals surface area contributed by atoms with Crippen molar-refractivity contribution >= 4 is 45.6 Å². The molecule has 0 bridgehead atoms. The van der Waals surface area contributed by atoms with Crippen molar-refractivity contribution in [3.63, 3.8) is 0 Å². The van der Waals surface area contributed by atoms with Crippen LogP contribution in [0.15, 0.2) is 34.1 Å². The zero-order valence-electron chi connectivity index (χ0n) is 10.2. The summed E-state index contributed by atoms with van der Waals surface area (Å²) in [6, 6.07) is 6.74. The van der Waals surface area contributed by atoms with E-state index < -0.39 is 10.8 Å². The van der Waals surface area contributed by atoms with Crippen molar-refractivity contribution in [1.29, 1.82) is 0 Å². The van der Waals surface area contributed by atoms with Crippen LogP contribution >= 0.6 is 34.8 Å². The molecule has 0 aliphatic carbocycles. The summed E-state index contributed by atoms with van der Waals surface area (Å²) in [7, 11) is -1.46. The van der Waals surface area contributed by atoms with Gasteiger partial charge in [0.1, 0.15) is 0 Å². The quantitative estimate of drug-likeness (QED) is 0.787. The zero-order valence-corrected chi connectivity index (χ0v) is 13.3. The van der Waals surface area contributed by atoms with Crippen LogP contribution in [0, 0.1) is 13.8 Å². The largest absolute Gasteiger partial charge is 0.255 e. The lowest BCUT2D eigenvalue weighted by molar-refractivity contribution is 0.683. The van der Waals surface area contributed by atoms with E-state index in [2.05, 4.69) is 4.98 Å². The summed E-state index contributed by atoms with van der Waals surface area (Å²) >= 11 is 18.2. The molecule has 2 nitrogen and oxygen atoms in total. The van der Waals surface area contributed by atoms with E-state index in [1.54, 1.807) is 38.1 Å². The van der Waals surface area contributed by atoms with E-state index in [0.717, 1.165) is 0 Å². The number of halogens is 3. The second-order valence-corrected chi connectivity index (χ2v) is 6.57. The highest BCUT2D eigenvalue weighted by Crippen LogP contribution is 2.34. The molecule has 0 amide bonds. The molecule has 0 spiro atoms. The number of hydrogen-bond donors (Lipinski definition) is 0. The Bertz CT molecular complexity index is 630. The van der Waals surface area contributed by atoms with Gasteiger partial charge in [-0.15, -0.1) is 0 Å². The fourth-order valence-corrected chi connectivity index (χ4v) is 3.72. The Balaban J connectivity index is 2.59. The highest BCUT2D eigenvalue weighted by Gasteiger charge is 2.19. The van der Waals surface area contributed by atoms with Crippen molar-refractivity contribution in [1.82, 2.24) is 4.98 Å². The number of pyridine rings is 1. The lowest BCUT2D eigenvalue weighted by atomic mass is 10.3. The van der Waals surface area contributed by atoms with E-state index in [1.165, 1.54) is 0 Å².